The number of ketones is 1. The van der Waals surface area contributed by atoms with Crippen LogP contribution < -0.4 is 14.4 Å². The molecule has 1 saturated heterocycles. The van der Waals surface area contributed by atoms with Crippen LogP contribution in [0.15, 0.2) is 72.3 Å². The number of Topliss-reactive ketones (excluding diaryl/α,β-unsaturated/α-hetero) is 1. The van der Waals surface area contributed by atoms with E-state index in [1.807, 2.05) is 0 Å². The van der Waals surface area contributed by atoms with E-state index in [9.17, 15) is 19.8 Å². The van der Waals surface area contributed by atoms with Crippen LogP contribution in [0.25, 0.3) is 5.76 Å². The van der Waals surface area contributed by atoms with Gasteiger partial charge in [-0.2, -0.15) is 0 Å². The lowest BCUT2D eigenvalue weighted by Crippen LogP contribution is -2.29. The number of ether oxygens (including phenoxy) is 2. The van der Waals surface area contributed by atoms with Crippen LogP contribution in [0.5, 0.6) is 17.2 Å². The molecule has 3 aromatic rings. The van der Waals surface area contributed by atoms with Gasteiger partial charge >= 0.3 is 0 Å². The molecule has 0 bridgehead atoms. The number of phenolic OH excluding ortho intramolecular Hbond substituents is 1. The van der Waals surface area contributed by atoms with Crippen molar-refractivity contribution >= 4 is 34.7 Å². The molecule has 1 heterocycles. The molecule has 1 unspecified atom stereocenters. The number of hydrogen-bond acceptors (Lipinski definition) is 6. The van der Waals surface area contributed by atoms with Gasteiger partial charge in [0.25, 0.3) is 11.7 Å². The van der Waals surface area contributed by atoms with Gasteiger partial charge in [0.05, 0.1) is 36.4 Å². The number of halogens is 1. The Labute approximate surface area is 195 Å². The molecular weight excluding hydrogens is 446 g/mol. The first-order chi connectivity index (χ1) is 15.9. The van der Waals surface area contributed by atoms with Gasteiger partial charge in [-0.05, 0) is 35.9 Å². The summed E-state index contributed by atoms with van der Waals surface area (Å²) in [6.07, 6.45) is 0. The van der Waals surface area contributed by atoms with E-state index in [2.05, 4.69) is 0 Å². The first-order valence-electron chi connectivity index (χ1n) is 9.94. The number of aliphatic hydroxyl groups excluding tert-OH is 1. The van der Waals surface area contributed by atoms with Gasteiger partial charge in [-0.25, -0.2) is 0 Å². The van der Waals surface area contributed by atoms with E-state index in [-0.39, 0.29) is 27.7 Å². The fraction of sp³-hybridized carbons (Fsp3) is 0.120. The molecule has 0 radical (unpaired) electrons. The number of aromatic hydroxyl groups is 1. The lowest BCUT2D eigenvalue weighted by atomic mass is 9.94. The van der Waals surface area contributed by atoms with Gasteiger partial charge in [-0.3, -0.25) is 14.5 Å². The Morgan fingerprint density at radius 3 is 2.18 bits per heavy atom. The minimum atomic E-state index is -0.946. The lowest BCUT2D eigenvalue weighted by molar-refractivity contribution is -0.132. The molecule has 1 aliphatic rings. The Kier molecular flexibility index (Phi) is 5.98. The molecule has 33 heavy (non-hydrogen) atoms. The fourth-order valence-electron chi connectivity index (χ4n) is 3.85. The van der Waals surface area contributed by atoms with Gasteiger partial charge < -0.3 is 19.7 Å². The summed E-state index contributed by atoms with van der Waals surface area (Å²) in [6.45, 7) is 0. The number of anilines is 1. The molecule has 1 fully saturated rings. The van der Waals surface area contributed by atoms with Crippen molar-refractivity contribution < 1.29 is 29.3 Å². The van der Waals surface area contributed by atoms with Gasteiger partial charge in [0, 0.05) is 11.8 Å². The summed E-state index contributed by atoms with van der Waals surface area (Å²) in [7, 11) is 2.84. The van der Waals surface area contributed by atoms with Crippen LogP contribution >= 0.6 is 11.6 Å². The van der Waals surface area contributed by atoms with Crippen molar-refractivity contribution in [3.05, 3.63) is 88.5 Å². The Balaban J connectivity index is 1.98. The van der Waals surface area contributed by atoms with Gasteiger partial charge in [0.1, 0.15) is 23.0 Å². The van der Waals surface area contributed by atoms with Crippen LogP contribution in [0.4, 0.5) is 5.69 Å². The van der Waals surface area contributed by atoms with Crippen molar-refractivity contribution in [2.45, 2.75) is 6.04 Å². The molecule has 0 saturated carbocycles. The van der Waals surface area contributed by atoms with Crippen LogP contribution in [0.3, 0.4) is 0 Å². The van der Waals surface area contributed by atoms with Crippen LogP contribution in [-0.4, -0.2) is 36.1 Å². The maximum Gasteiger partial charge on any atom is 0.300 e. The van der Waals surface area contributed by atoms with Gasteiger partial charge in [0.15, 0.2) is 0 Å². The Morgan fingerprint density at radius 1 is 0.939 bits per heavy atom. The zero-order valence-corrected chi connectivity index (χ0v) is 18.5. The Morgan fingerprint density at radius 2 is 1.58 bits per heavy atom. The van der Waals surface area contributed by atoms with Crippen molar-refractivity contribution in [2.75, 3.05) is 19.1 Å². The molecule has 4 rings (SSSR count). The van der Waals surface area contributed by atoms with Crippen LogP contribution in [0, 0.1) is 0 Å². The standard InChI is InChI=1S/C25H20ClNO6/c1-32-19-13-20(33-2)18(26)12-17(19)23(29)21-22(14-8-10-16(28)11-9-14)27(25(31)24(21)30)15-6-4-3-5-7-15/h3-13,22,28-29H,1-2H3/b23-21+. The number of benzene rings is 3. The highest BCUT2D eigenvalue weighted by Gasteiger charge is 2.47. The average molecular weight is 466 g/mol. The Hall–Kier alpha value is -3.97. The minimum absolute atomic E-state index is 0.0269. The quantitative estimate of drug-likeness (QED) is 0.322. The average Bonchev–Trinajstić information content (AvgIpc) is 3.10. The number of aliphatic hydroxyl groups is 1. The Bertz CT molecular complexity index is 1250. The highest BCUT2D eigenvalue weighted by atomic mass is 35.5. The summed E-state index contributed by atoms with van der Waals surface area (Å²) in [5.74, 6) is -1.53. The van der Waals surface area contributed by atoms with Crippen LogP contribution in [-0.2, 0) is 9.59 Å². The van der Waals surface area contributed by atoms with Crippen molar-refractivity contribution in [1.29, 1.82) is 0 Å². The second-order valence-electron chi connectivity index (χ2n) is 7.28. The van der Waals surface area contributed by atoms with Crippen molar-refractivity contribution in [3.8, 4) is 17.2 Å². The summed E-state index contributed by atoms with van der Waals surface area (Å²) < 4.78 is 10.6. The molecule has 0 aromatic heterocycles. The molecule has 8 heteroatoms. The summed E-state index contributed by atoms with van der Waals surface area (Å²) in [5.41, 5.74) is 1.01. The normalized spacial score (nSPS) is 17.3. The predicted octanol–water partition coefficient (Wildman–Crippen LogP) is 4.69. The first kappa shape index (κ1) is 22.2. The lowest BCUT2D eigenvalue weighted by Gasteiger charge is -2.25. The van der Waals surface area contributed by atoms with E-state index >= 15 is 0 Å². The zero-order chi connectivity index (χ0) is 23.7. The first-order valence-corrected chi connectivity index (χ1v) is 10.3. The molecule has 7 nitrogen and oxygen atoms in total. The van der Waals surface area contributed by atoms with E-state index < -0.39 is 23.5 Å². The maximum atomic E-state index is 13.2. The summed E-state index contributed by atoms with van der Waals surface area (Å²) in [5, 5.41) is 21.2. The van der Waals surface area contributed by atoms with Gasteiger partial charge in [-0.1, -0.05) is 41.9 Å². The molecule has 3 aromatic carbocycles. The SMILES string of the molecule is COc1cc(OC)c(/C(O)=C2\C(=O)C(=O)N(c3ccccc3)C2c2ccc(O)cc2)cc1Cl. The van der Waals surface area contributed by atoms with E-state index in [0.717, 1.165) is 0 Å². The second-order valence-corrected chi connectivity index (χ2v) is 7.69. The third kappa shape index (κ3) is 3.87. The van der Waals surface area contributed by atoms with Crippen LogP contribution in [0.2, 0.25) is 5.02 Å². The van der Waals surface area contributed by atoms with Crippen molar-refractivity contribution in [2.24, 2.45) is 0 Å². The molecule has 2 N–H and O–H groups in total. The number of rotatable bonds is 5. The zero-order valence-electron chi connectivity index (χ0n) is 17.8. The minimum Gasteiger partial charge on any atom is -0.508 e. The van der Waals surface area contributed by atoms with E-state index in [1.165, 1.54) is 43.4 Å². The summed E-state index contributed by atoms with van der Waals surface area (Å²) >= 11 is 6.27. The smallest absolute Gasteiger partial charge is 0.300 e. The number of amides is 1. The molecule has 0 aliphatic carbocycles. The topological polar surface area (TPSA) is 96.3 Å². The molecule has 1 amide bonds. The fourth-order valence-corrected chi connectivity index (χ4v) is 4.09. The third-order valence-electron chi connectivity index (χ3n) is 5.42. The summed E-state index contributed by atoms with van der Waals surface area (Å²) in [6, 6.07) is 16.7. The molecular formula is C25H20ClNO6. The largest absolute Gasteiger partial charge is 0.508 e. The van der Waals surface area contributed by atoms with Crippen molar-refractivity contribution in [1.82, 2.24) is 0 Å². The highest BCUT2D eigenvalue weighted by molar-refractivity contribution is 6.51. The summed E-state index contributed by atoms with van der Waals surface area (Å²) in [4.78, 5) is 27.7. The molecule has 168 valence electrons. The number of methoxy groups -OCH3 is 2. The second kappa shape index (κ2) is 8.88. The third-order valence-corrected chi connectivity index (χ3v) is 5.71. The molecule has 1 atom stereocenters. The number of carbonyl (C=O) groups excluding carboxylic acids is 2. The van der Waals surface area contributed by atoms with E-state index in [4.69, 9.17) is 21.1 Å². The monoisotopic (exact) mass is 465 g/mol. The maximum absolute atomic E-state index is 13.2. The number of phenols is 1. The number of carbonyl (C=O) groups is 2. The number of nitrogens with zero attached hydrogens (tertiary/aromatic N) is 1. The van der Waals surface area contributed by atoms with E-state index in [1.54, 1.807) is 42.5 Å². The highest BCUT2D eigenvalue weighted by Crippen LogP contribution is 2.44. The molecule has 0 spiro atoms. The molecule has 1 aliphatic heterocycles. The van der Waals surface area contributed by atoms with Crippen LogP contribution in [0.1, 0.15) is 17.2 Å². The van der Waals surface area contributed by atoms with E-state index in [0.29, 0.717) is 17.0 Å². The number of hydrogen-bond donors (Lipinski definition) is 2. The van der Waals surface area contributed by atoms with Gasteiger partial charge in [0.2, 0.25) is 0 Å². The predicted molar refractivity (Wildman–Crippen MR) is 124 cm³/mol. The van der Waals surface area contributed by atoms with Gasteiger partial charge in [-0.15, -0.1) is 0 Å². The van der Waals surface area contributed by atoms with Crippen molar-refractivity contribution in [3.63, 3.8) is 0 Å². The number of para-hydroxylation sites is 1.